The van der Waals surface area contributed by atoms with Crippen molar-refractivity contribution in [2.75, 3.05) is 26.6 Å². The van der Waals surface area contributed by atoms with E-state index in [-0.39, 0.29) is 17.2 Å². The van der Waals surface area contributed by atoms with Crippen molar-refractivity contribution in [1.29, 1.82) is 0 Å². The average Bonchev–Trinajstić information content (AvgIpc) is 3.48. The molecule has 10 nitrogen and oxygen atoms in total. The Morgan fingerprint density at radius 2 is 1.93 bits per heavy atom. The second kappa shape index (κ2) is 7.95. The Bertz CT molecular complexity index is 1140. The van der Waals surface area contributed by atoms with E-state index in [1.807, 2.05) is 17.5 Å². The van der Waals surface area contributed by atoms with Gasteiger partial charge in [-0.15, -0.1) is 11.3 Å². The van der Waals surface area contributed by atoms with Crippen LogP contribution in [0.1, 0.15) is 21.3 Å². The number of Topliss-reactive ketones (excluding diaryl/α,β-unsaturated/α-hetero) is 1. The highest BCUT2D eigenvalue weighted by atomic mass is 32.1. The normalized spacial score (nSPS) is 15.2. The van der Waals surface area contributed by atoms with Crippen LogP contribution in [0.2, 0.25) is 0 Å². The molecular formula is C19H17N5O5S. The van der Waals surface area contributed by atoms with Gasteiger partial charge in [-0.25, -0.2) is 4.79 Å². The maximum atomic E-state index is 13.7. The summed E-state index contributed by atoms with van der Waals surface area (Å²) < 4.78 is 16.9. The number of allylic oxidation sites excluding steroid dienone is 1. The van der Waals surface area contributed by atoms with E-state index < -0.39 is 17.8 Å². The summed E-state index contributed by atoms with van der Waals surface area (Å²) in [6, 6.07) is 7.79. The molecule has 4 rings (SSSR count). The standard InChI is InChI=1S/C19H17N5O5S/c1-27-11-7-6-10(9-12(11)28-2)17(25)14-15(18(26)29-3)20-19-21-22-23-24(19)16(14)13-5-4-8-30-13/h4-9,16H,1-3H3,(H,20,21,23)/t16-/m1/s1. The van der Waals surface area contributed by atoms with Crippen LogP contribution in [0.25, 0.3) is 0 Å². The van der Waals surface area contributed by atoms with E-state index in [0.717, 1.165) is 4.88 Å². The fourth-order valence-electron chi connectivity index (χ4n) is 3.23. The molecule has 154 valence electrons. The van der Waals surface area contributed by atoms with E-state index in [0.29, 0.717) is 17.1 Å². The van der Waals surface area contributed by atoms with Gasteiger partial charge in [0.1, 0.15) is 11.7 Å². The third kappa shape index (κ3) is 3.18. The lowest BCUT2D eigenvalue weighted by atomic mass is 9.92. The molecule has 0 spiro atoms. The van der Waals surface area contributed by atoms with Gasteiger partial charge in [-0.05, 0) is 40.1 Å². The first-order chi connectivity index (χ1) is 14.6. The summed E-state index contributed by atoms with van der Waals surface area (Å²) in [6.07, 6.45) is 0. The van der Waals surface area contributed by atoms with Crippen LogP contribution in [0.4, 0.5) is 5.95 Å². The number of aromatic nitrogens is 4. The van der Waals surface area contributed by atoms with Gasteiger partial charge >= 0.3 is 5.97 Å². The molecule has 0 fully saturated rings. The van der Waals surface area contributed by atoms with Crippen molar-refractivity contribution in [3.8, 4) is 11.5 Å². The molecule has 1 atom stereocenters. The van der Waals surface area contributed by atoms with Gasteiger partial charge in [0.2, 0.25) is 5.95 Å². The van der Waals surface area contributed by atoms with Crippen LogP contribution < -0.4 is 14.8 Å². The largest absolute Gasteiger partial charge is 0.493 e. The molecule has 1 N–H and O–H groups in total. The predicted octanol–water partition coefficient (Wildman–Crippen LogP) is 2.08. The zero-order valence-electron chi connectivity index (χ0n) is 16.3. The molecular weight excluding hydrogens is 410 g/mol. The van der Waals surface area contributed by atoms with E-state index >= 15 is 0 Å². The SMILES string of the molecule is COC(=O)C1=C(C(=O)c2ccc(OC)c(OC)c2)[C@@H](c2cccs2)n2nnnc2N1. The Morgan fingerprint density at radius 3 is 2.60 bits per heavy atom. The number of esters is 1. The second-order valence-electron chi connectivity index (χ2n) is 6.17. The van der Waals surface area contributed by atoms with Gasteiger partial charge in [0.25, 0.3) is 0 Å². The zero-order chi connectivity index (χ0) is 21.3. The lowest BCUT2D eigenvalue weighted by molar-refractivity contribution is -0.136. The van der Waals surface area contributed by atoms with E-state index in [9.17, 15) is 9.59 Å². The second-order valence-corrected chi connectivity index (χ2v) is 7.15. The molecule has 0 unspecified atom stereocenters. The highest BCUT2D eigenvalue weighted by molar-refractivity contribution is 7.10. The van der Waals surface area contributed by atoms with Gasteiger partial charge in [-0.3, -0.25) is 4.79 Å². The van der Waals surface area contributed by atoms with Crippen LogP contribution >= 0.6 is 11.3 Å². The van der Waals surface area contributed by atoms with Crippen LogP contribution in [-0.2, 0) is 9.53 Å². The summed E-state index contributed by atoms with van der Waals surface area (Å²) in [7, 11) is 4.23. The first-order valence-electron chi connectivity index (χ1n) is 8.76. The monoisotopic (exact) mass is 427 g/mol. The number of ether oxygens (including phenoxy) is 3. The summed E-state index contributed by atoms with van der Waals surface area (Å²) in [5.41, 5.74) is 0.457. The smallest absolute Gasteiger partial charge is 0.355 e. The molecule has 1 aliphatic heterocycles. The van der Waals surface area contributed by atoms with Gasteiger partial charge in [0.05, 0.1) is 26.9 Å². The molecule has 3 heterocycles. The van der Waals surface area contributed by atoms with Crippen LogP contribution in [-0.4, -0.2) is 53.3 Å². The minimum atomic E-state index is -0.703. The third-order valence-electron chi connectivity index (χ3n) is 4.61. The van der Waals surface area contributed by atoms with Gasteiger partial charge in [-0.1, -0.05) is 11.2 Å². The van der Waals surface area contributed by atoms with Gasteiger partial charge in [0.15, 0.2) is 17.3 Å². The van der Waals surface area contributed by atoms with Crippen LogP contribution in [0.15, 0.2) is 47.0 Å². The molecule has 0 aliphatic carbocycles. The molecule has 0 amide bonds. The van der Waals surface area contributed by atoms with Crippen molar-refractivity contribution in [2.24, 2.45) is 0 Å². The summed E-state index contributed by atoms with van der Waals surface area (Å²) in [5, 5.41) is 16.3. The van der Waals surface area contributed by atoms with Crippen molar-refractivity contribution >= 4 is 29.0 Å². The number of carbonyl (C=O) groups is 2. The first kappa shape index (κ1) is 19.6. The summed E-state index contributed by atoms with van der Waals surface area (Å²) in [6.45, 7) is 0. The number of tetrazole rings is 1. The number of carbonyl (C=O) groups excluding carboxylic acids is 2. The topological polar surface area (TPSA) is 117 Å². The molecule has 2 aromatic heterocycles. The van der Waals surface area contributed by atoms with Gasteiger partial charge in [-0.2, -0.15) is 4.68 Å². The zero-order valence-corrected chi connectivity index (χ0v) is 17.1. The third-order valence-corrected chi connectivity index (χ3v) is 5.53. The average molecular weight is 427 g/mol. The number of hydrogen-bond acceptors (Lipinski definition) is 10. The minimum absolute atomic E-state index is 0.0158. The summed E-state index contributed by atoms with van der Waals surface area (Å²) in [5.74, 6) is 0.00868. The van der Waals surface area contributed by atoms with Gasteiger partial charge in [0, 0.05) is 10.4 Å². The Labute approximate surface area is 175 Å². The first-order valence-corrected chi connectivity index (χ1v) is 9.64. The van der Waals surface area contributed by atoms with Gasteiger partial charge < -0.3 is 19.5 Å². The van der Waals surface area contributed by atoms with E-state index in [2.05, 4.69) is 20.8 Å². The quantitative estimate of drug-likeness (QED) is 0.466. The highest BCUT2D eigenvalue weighted by Crippen LogP contribution is 2.39. The molecule has 30 heavy (non-hydrogen) atoms. The number of benzene rings is 1. The minimum Gasteiger partial charge on any atom is -0.493 e. The van der Waals surface area contributed by atoms with Crippen molar-refractivity contribution in [3.05, 3.63) is 57.4 Å². The Hall–Kier alpha value is -3.73. The number of fused-ring (bicyclic) bond motifs is 1. The lowest BCUT2D eigenvalue weighted by Crippen LogP contribution is -2.32. The number of ketones is 1. The molecule has 3 aromatic rings. The number of hydrogen-bond donors (Lipinski definition) is 1. The number of rotatable bonds is 6. The molecule has 11 heteroatoms. The Morgan fingerprint density at radius 1 is 1.13 bits per heavy atom. The van der Waals surface area contributed by atoms with Crippen molar-refractivity contribution in [2.45, 2.75) is 6.04 Å². The van der Waals surface area contributed by atoms with Crippen molar-refractivity contribution in [1.82, 2.24) is 20.2 Å². The van der Waals surface area contributed by atoms with Crippen molar-refractivity contribution < 1.29 is 23.8 Å². The molecule has 0 radical (unpaired) electrons. The molecule has 1 aromatic carbocycles. The number of anilines is 1. The fourth-order valence-corrected chi connectivity index (χ4v) is 4.05. The number of nitrogens with one attached hydrogen (secondary N) is 1. The fraction of sp³-hybridized carbons (Fsp3) is 0.211. The summed E-state index contributed by atoms with van der Waals surface area (Å²) in [4.78, 5) is 27.0. The van der Waals surface area contributed by atoms with Crippen LogP contribution in [0, 0.1) is 0 Å². The van der Waals surface area contributed by atoms with E-state index in [1.165, 1.54) is 37.3 Å². The summed E-state index contributed by atoms with van der Waals surface area (Å²) >= 11 is 1.42. The van der Waals surface area contributed by atoms with E-state index in [4.69, 9.17) is 14.2 Å². The highest BCUT2D eigenvalue weighted by Gasteiger charge is 2.39. The number of nitrogens with zero attached hydrogens (tertiary/aromatic N) is 4. The van der Waals surface area contributed by atoms with Crippen LogP contribution in [0.5, 0.6) is 11.5 Å². The maximum Gasteiger partial charge on any atom is 0.355 e. The Balaban J connectivity index is 1.91. The molecule has 0 saturated carbocycles. The lowest BCUT2D eigenvalue weighted by Gasteiger charge is -2.27. The molecule has 0 saturated heterocycles. The Kier molecular flexibility index (Phi) is 5.19. The molecule has 0 bridgehead atoms. The van der Waals surface area contributed by atoms with Crippen LogP contribution in [0.3, 0.4) is 0 Å². The van der Waals surface area contributed by atoms with Crippen molar-refractivity contribution in [3.63, 3.8) is 0 Å². The number of thiophene rings is 1. The predicted molar refractivity (Wildman–Crippen MR) is 107 cm³/mol. The maximum absolute atomic E-state index is 13.7. The number of methoxy groups -OCH3 is 3. The molecule has 1 aliphatic rings. The van der Waals surface area contributed by atoms with E-state index in [1.54, 1.807) is 18.2 Å².